The van der Waals surface area contributed by atoms with Crippen LogP contribution in [-0.4, -0.2) is 17.4 Å². The molecular weight excluding hydrogens is 296 g/mol. The normalized spacial score (nSPS) is 9.95. The number of nitrogens with zero attached hydrogens (tertiary/aromatic N) is 1. The first-order valence-corrected chi connectivity index (χ1v) is 6.35. The van der Waals surface area contributed by atoms with E-state index in [0.29, 0.717) is 16.5 Å². The summed E-state index contributed by atoms with van der Waals surface area (Å²) in [7, 11) is 0. The van der Waals surface area contributed by atoms with E-state index in [4.69, 9.17) is 16.3 Å². The van der Waals surface area contributed by atoms with Crippen molar-refractivity contribution < 1.29 is 14.5 Å². The van der Waals surface area contributed by atoms with Gasteiger partial charge >= 0.3 is 0 Å². The van der Waals surface area contributed by atoms with Gasteiger partial charge in [0.15, 0.2) is 6.61 Å². The topological polar surface area (TPSA) is 81.5 Å². The summed E-state index contributed by atoms with van der Waals surface area (Å²) in [6.45, 7) is -0.219. The number of amides is 1. The highest BCUT2D eigenvalue weighted by molar-refractivity contribution is 6.30. The Bertz CT molecular complexity index is 676. The zero-order valence-electron chi connectivity index (χ0n) is 10.8. The summed E-state index contributed by atoms with van der Waals surface area (Å²) < 4.78 is 5.27. The monoisotopic (exact) mass is 306 g/mol. The van der Waals surface area contributed by atoms with Crippen molar-refractivity contribution in [2.75, 3.05) is 11.9 Å². The van der Waals surface area contributed by atoms with E-state index in [-0.39, 0.29) is 12.3 Å². The highest BCUT2D eigenvalue weighted by Crippen LogP contribution is 2.18. The summed E-state index contributed by atoms with van der Waals surface area (Å²) in [5, 5.41) is 13.7. The standard InChI is InChI=1S/C14H11ClN2O4/c15-10-3-1-6-13(7-10)21-9-14(18)16-11-4-2-5-12(8-11)17(19)20/h1-8H,9H2,(H,16,18). The Balaban J connectivity index is 1.93. The van der Waals surface area contributed by atoms with Crippen LogP contribution in [0.2, 0.25) is 5.02 Å². The number of nitro benzene ring substituents is 1. The van der Waals surface area contributed by atoms with E-state index in [2.05, 4.69) is 5.32 Å². The van der Waals surface area contributed by atoms with E-state index in [0.717, 1.165) is 0 Å². The third-order valence-corrected chi connectivity index (χ3v) is 2.74. The average molecular weight is 307 g/mol. The van der Waals surface area contributed by atoms with Crippen LogP contribution < -0.4 is 10.1 Å². The van der Waals surface area contributed by atoms with E-state index in [1.54, 1.807) is 30.3 Å². The average Bonchev–Trinajstić information content (AvgIpc) is 2.45. The van der Waals surface area contributed by atoms with Crippen molar-refractivity contribution in [2.24, 2.45) is 0 Å². The van der Waals surface area contributed by atoms with Gasteiger partial charge in [-0.1, -0.05) is 23.7 Å². The predicted octanol–water partition coefficient (Wildman–Crippen LogP) is 3.27. The largest absolute Gasteiger partial charge is 0.484 e. The molecule has 1 amide bonds. The molecule has 6 nitrogen and oxygen atoms in total. The van der Waals surface area contributed by atoms with E-state index in [9.17, 15) is 14.9 Å². The molecule has 0 saturated heterocycles. The van der Waals surface area contributed by atoms with Crippen molar-refractivity contribution in [3.8, 4) is 5.75 Å². The number of hydrogen-bond donors (Lipinski definition) is 1. The van der Waals surface area contributed by atoms with Crippen LogP contribution in [0.25, 0.3) is 0 Å². The van der Waals surface area contributed by atoms with Gasteiger partial charge in [-0.25, -0.2) is 0 Å². The first-order valence-electron chi connectivity index (χ1n) is 5.97. The van der Waals surface area contributed by atoms with Crippen molar-refractivity contribution in [1.82, 2.24) is 0 Å². The third kappa shape index (κ3) is 4.47. The molecule has 0 saturated carbocycles. The lowest BCUT2D eigenvalue weighted by molar-refractivity contribution is -0.384. The van der Waals surface area contributed by atoms with Crippen molar-refractivity contribution in [2.45, 2.75) is 0 Å². The Morgan fingerprint density at radius 2 is 2.00 bits per heavy atom. The van der Waals surface area contributed by atoms with Crippen LogP contribution >= 0.6 is 11.6 Å². The second-order valence-corrected chi connectivity index (χ2v) is 4.54. The molecule has 0 aliphatic rings. The molecule has 0 fully saturated rings. The second kappa shape index (κ2) is 6.71. The van der Waals surface area contributed by atoms with Gasteiger partial charge in [-0.3, -0.25) is 14.9 Å². The molecule has 0 radical (unpaired) electrons. The Labute approximate surface area is 125 Å². The van der Waals surface area contributed by atoms with Gasteiger partial charge in [0.05, 0.1) is 4.92 Å². The summed E-state index contributed by atoms with van der Waals surface area (Å²) in [5.41, 5.74) is 0.243. The Hall–Kier alpha value is -2.60. The summed E-state index contributed by atoms with van der Waals surface area (Å²) in [4.78, 5) is 21.8. The van der Waals surface area contributed by atoms with Crippen LogP contribution in [0, 0.1) is 10.1 Å². The number of nitro groups is 1. The third-order valence-electron chi connectivity index (χ3n) is 2.51. The minimum atomic E-state index is -0.530. The molecular formula is C14H11ClN2O4. The van der Waals surface area contributed by atoms with Crippen LogP contribution in [0.3, 0.4) is 0 Å². The first kappa shape index (κ1) is 14.8. The predicted molar refractivity (Wildman–Crippen MR) is 78.7 cm³/mol. The molecule has 2 rings (SSSR count). The van der Waals surface area contributed by atoms with Gasteiger partial charge in [0.1, 0.15) is 5.75 Å². The lowest BCUT2D eigenvalue weighted by Crippen LogP contribution is -2.20. The maximum absolute atomic E-state index is 11.7. The molecule has 0 unspecified atom stereocenters. The fourth-order valence-electron chi connectivity index (χ4n) is 1.60. The van der Waals surface area contributed by atoms with E-state index in [1.165, 1.54) is 18.2 Å². The number of benzene rings is 2. The maximum atomic E-state index is 11.7. The molecule has 0 atom stereocenters. The minimum Gasteiger partial charge on any atom is -0.484 e. The zero-order valence-corrected chi connectivity index (χ0v) is 11.5. The number of carbonyl (C=O) groups excluding carboxylic acids is 1. The molecule has 7 heteroatoms. The summed E-state index contributed by atoms with van der Waals surface area (Å²) in [5.74, 6) is 0.0483. The smallest absolute Gasteiger partial charge is 0.271 e. The first-order chi connectivity index (χ1) is 10.0. The van der Waals surface area contributed by atoms with Crippen LogP contribution in [0.4, 0.5) is 11.4 Å². The number of anilines is 1. The summed E-state index contributed by atoms with van der Waals surface area (Å²) in [6, 6.07) is 12.3. The van der Waals surface area contributed by atoms with E-state index in [1.807, 2.05) is 0 Å². The second-order valence-electron chi connectivity index (χ2n) is 4.10. The Morgan fingerprint density at radius 1 is 1.24 bits per heavy atom. The molecule has 108 valence electrons. The highest BCUT2D eigenvalue weighted by atomic mass is 35.5. The van der Waals surface area contributed by atoms with Crippen LogP contribution in [-0.2, 0) is 4.79 Å². The lowest BCUT2D eigenvalue weighted by atomic mass is 10.3. The van der Waals surface area contributed by atoms with Gasteiger partial charge in [0.25, 0.3) is 11.6 Å². The molecule has 1 N–H and O–H groups in total. The van der Waals surface area contributed by atoms with Crippen LogP contribution in [0.5, 0.6) is 5.75 Å². The van der Waals surface area contributed by atoms with Crippen molar-refractivity contribution in [3.63, 3.8) is 0 Å². The highest BCUT2D eigenvalue weighted by Gasteiger charge is 2.08. The molecule has 2 aromatic carbocycles. The fraction of sp³-hybridized carbons (Fsp3) is 0.0714. The molecule has 0 aliphatic heterocycles. The molecule has 0 spiro atoms. The lowest BCUT2D eigenvalue weighted by Gasteiger charge is -2.07. The van der Waals surface area contributed by atoms with Crippen molar-refractivity contribution >= 4 is 28.9 Å². The van der Waals surface area contributed by atoms with Crippen LogP contribution in [0.1, 0.15) is 0 Å². The molecule has 0 aromatic heterocycles. The van der Waals surface area contributed by atoms with E-state index >= 15 is 0 Å². The summed E-state index contributed by atoms with van der Waals surface area (Å²) >= 11 is 5.79. The number of carbonyl (C=O) groups is 1. The molecule has 2 aromatic rings. The minimum absolute atomic E-state index is 0.0939. The molecule has 0 heterocycles. The fourth-order valence-corrected chi connectivity index (χ4v) is 1.78. The summed E-state index contributed by atoms with van der Waals surface area (Å²) in [6.07, 6.45) is 0. The molecule has 21 heavy (non-hydrogen) atoms. The van der Waals surface area contributed by atoms with Gasteiger partial charge in [-0.2, -0.15) is 0 Å². The van der Waals surface area contributed by atoms with Gasteiger partial charge < -0.3 is 10.1 Å². The molecule has 0 aliphatic carbocycles. The molecule has 0 bridgehead atoms. The maximum Gasteiger partial charge on any atom is 0.271 e. The number of non-ortho nitro benzene ring substituents is 1. The van der Waals surface area contributed by atoms with Gasteiger partial charge in [-0.15, -0.1) is 0 Å². The quantitative estimate of drug-likeness (QED) is 0.679. The number of halogens is 1. The number of nitrogens with one attached hydrogen (secondary N) is 1. The van der Waals surface area contributed by atoms with Crippen LogP contribution in [0.15, 0.2) is 48.5 Å². The number of ether oxygens (including phenoxy) is 1. The Kier molecular flexibility index (Phi) is 4.73. The van der Waals surface area contributed by atoms with Gasteiger partial charge in [-0.05, 0) is 24.3 Å². The Morgan fingerprint density at radius 3 is 2.71 bits per heavy atom. The van der Waals surface area contributed by atoms with Crippen molar-refractivity contribution in [1.29, 1.82) is 0 Å². The van der Waals surface area contributed by atoms with Gasteiger partial charge in [0.2, 0.25) is 0 Å². The van der Waals surface area contributed by atoms with Crippen molar-refractivity contribution in [3.05, 3.63) is 63.7 Å². The number of hydrogen-bond acceptors (Lipinski definition) is 4. The SMILES string of the molecule is O=C(COc1cccc(Cl)c1)Nc1cccc([N+](=O)[O-])c1. The number of rotatable bonds is 5. The zero-order chi connectivity index (χ0) is 15.2. The van der Waals surface area contributed by atoms with Gasteiger partial charge in [0, 0.05) is 22.8 Å². The van der Waals surface area contributed by atoms with E-state index < -0.39 is 10.8 Å².